The Balaban J connectivity index is 1.88. The van der Waals surface area contributed by atoms with Crippen LogP contribution < -0.4 is 10.6 Å². The van der Waals surface area contributed by atoms with E-state index in [9.17, 15) is 4.79 Å². The third-order valence-electron chi connectivity index (χ3n) is 2.69. The average molecular weight is 208 g/mol. The summed E-state index contributed by atoms with van der Waals surface area (Å²) in [6.45, 7) is 0.281. The third kappa shape index (κ3) is 2.49. The van der Waals surface area contributed by atoms with Gasteiger partial charge in [-0.2, -0.15) is 5.10 Å². The summed E-state index contributed by atoms with van der Waals surface area (Å²) in [6.07, 6.45) is 7.42. The molecule has 1 fully saturated rings. The number of carbonyl (C=O) groups is 1. The van der Waals surface area contributed by atoms with Crippen LogP contribution in [0.2, 0.25) is 0 Å². The average Bonchev–Trinajstić information content (AvgIpc) is 2.59. The molecular formula is C10H16N4O. The topological polar surface area (TPSA) is 59.0 Å². The fourth-order valence-electron chi connectivity index (χ4n) is 1.54. The normalized spacial score (nSPS) is 15.8. The van der Waals surface area contributed by atoms with Crippen LogP contribution in [-0.4, -0.2) is 28.8 Å². The van der Waals surface area contributed by atoms with E-state index in [2.05, 4.69) is 15.7 Å². The van der Waals surface area contributed by atoms with Gasteiger partial charge >= 0.3 is 0 Å². The fourth-order valence-corrected chi connectivity index (χ4v) is 1.54. The lowest BCUT2D eigenvalue weighted by Gasteiger charge is -2.26. The lowest BCUT2D eigenvalue weighted by Crippen LogP contribution is -2.26. The second-order valence-corrected chi connectivity index (χ2v) is 3.87. The van der Waals surface area contributed by atoms with Crippen molar-refractivity contribution in [3.05, 3.63) is 12.4 Å². The minimum Gasteiger partial charge on any atom is -0.380 e. The number of likely N-dealkylation sites (N-methyl/N-ethyl adjacent to an activating group) is 1. The van der Waals surface area contributed by atoms with Gasteiger partial charge in [-0.15, -0.1) is 0 Å². The molecule has 1 amide bonds. The molecule has 1 aromatic rings. The van der Waals surface area contributed by atoms with Crippen LogP contribution in [-0.2, 0) is 11.3 Å². The quantitative estimate of drug-likeness (QED) is 0.761. The zero-order valence-electron chi connectivity index (χ0n) is 8.86. The minimum absolute atomic E-state index is 0.0340. The number of carbonyl (C=O) groups excluding carboxylic acids is 1. The van der Waals surface area contributed by atoms with Crippen molar-refractivity contribution in [1.29, 1.82) is 0 Å². The maximum atomic E-state index is 11.1. The van der Waals surface area contributed by atoms with Crippen LogP contribution in [0, 0.1) is 0 Å². The number of nitrogens with one attached hydrogen (secondary N) is 2. The molecule has 0 atom stereocenters. The summed E-state index contributed by atoms with van der Waals surface area (Å²) < 4.78 is 1.64. The van der Waals surface area contributed by atoms with Crippen LogP contribution in [0.4, 0.5) is 5.69 Å². The zero-order valence-corrected chi connectivity index (χ0v) is 8.86. The molecule has 0 aliphatic heterocycles. The van der Waals surface area contributed by atoms with E-state index in [4.69, 9.17) is 0 Å². The molecule has 5 heteroatoms. The van der Waals surface area contributed by atoms with E-state index >= 15 is 0 Å². The van der Waals surface area contributed by atoms with Crippen LogP contribution in [0.1, 0.15) is 19.3 Å². The summed E-state index contributed by atoms with van der Waals surface area (Å²) in [5.41, 5.74) is 1.00. The van der Waals surface area contributed by atoms with Gasteiger partial charge in [-0.25, -0.2) is 0 Å². The van der Waals surface area contributed by atoms with E-state index < -0.39 is 0 Å². The van der Waals surface area contributed by atoms with Gasteiger partial charge in [0.1, 0.15) is 6.54 Å². The van der Waals surface area contributed by atoms with E-state index in [1.165, 1.54) is 19.3 Å². The molecule has 1 heterocycles. The predicted octanol–water partition coefficient (Wildman–Crippen LogP) is 0.593. The molecule has 0 bridgehead atoms. The van der Waals surface area contributed by atoms with E-state index in [0.717, 1.165) is 5.69 Å². The van der Waals surface area contributed by atoms with Gasteiger partial charge in [-0.3, -0.25) is 9.48 Å². The Bertz CT molecular complexity index is 343. The van der Waals surface area contributed by atoms with Crippen molar-refractivity contribution in [1.82, 2.24) is 15.1 Å². The van der Waals surface area contributed by atoms with Crippen LogP contribution in [0.3, 0.4) is 0 Å². The van der Waals surface area contributed by atoms with Crippen molar-refractivity contribution in [3.8, 4) is 0 Å². The maximum Gasteiger partial charge on any atom is 0.241 e. The number of hydrogen-bond donors (Lipinski definition) is 2. The Morgan fingerprint density at radius 1 is 1.67 bits per heavy atom. The molecule has 0 saturated heterocycles. The highest BCUT2D eigenvalue weighted by molar-refractivity contribution is 5.75. The van der Waals surface area contributed by atoms with E-state index in [0.29, 0.717) is 6.04 Å². The molecule has 1 aliphatic rings. The number of amides is 1. The van der Waals surface area contributed by atoms with Crippen molar-refractivity contribution in [2.75, 3.05) is 12.4 Å². The highest BCUT2D eigenvalue weighted by Crippen LogP contribution is 2.22. The summed E-state index contributed by atoms with van der Waals surface area (Å²) in [6, 6.07) is 0.600. The molecule has 82 valence electrons. The van der Waals surface area contributed by atoms with Gasteiger partial charge in [0.2, 0.25) is 5.91 Å². The van der Waals surface area contributed by atoms with Gasteiger partial charge in [0, 0.05) is 19.3 Å². The van der Waals surface area contributed by atoms with E-state index in [1.807, 2.05) is 6.20 Å². The van der Waals surface area contributed by atoms with Crippen molar-refractivity contribution in [2.45, 2.75) is 31.8 Å². The molecule has 2 rings (SSSR count). The lowest BCUT2D eigenvalue weighted by molar-refractivity contribution is -0.121. The van der Waals surface area contributed by atoms with Gasteiger partial charge < -0.3 is 10.6 Å². The first-order valence-corrected chi connectivity index (χ1v) is 5.27. The standard InChI is InChI=1S/C10H16N4O/c1-11-10(15)7-14-6-9(5-12-14)13-8-3-2-4-8/h5-6,8,13H,2-4,7H2,1H3,(H,11,15). The molecule has 15 heavy (non-hydrogen) atoms. The van der Waals surface area contributed by atoms with Gasteiger partial charge in [-0.1, -0.05) is 0 Å². The van der Waals surface area contributed by atoms with Crippen LogP contribution in [0.15, 0.2) is 12.4 Å². The van der Waals surface area contributed by atoms with Crippen molar-refractivity contribution in [2.24, 2.45) is 0 Å². The molecule has 1 aromatic heterocycles. The summed E-state index contributed by atoms with van der Waals surface area (Å²) >= 11 is 0. The minimum atomic E-state index is -0.0340. The molecule has 5 nitrogen and oxygen atoms in total. The Morgan fingerprint density at radius 2 is 2.47 bits per heavy atom. The van der Waals surface area contributed by atoms with Crippen molar-refractivity contribution >= 4 is 11.6 Å². The number of rotatable bonds is 4. The molecule has 0 spiro atoms. The Kier molecular flexibility index (Phi) is 2.89. The molecule has 1 saturated carbocycles. The first-order chi connectivity index (χ1) is 7.28. The smallest absolute Gasteiger partial charge is 0.241 e. The summed E-state index contributed by atoms with van der Waals surface area (Å²) in [7, 11) is 1.62. The monoisotopic (exact) mass is 208 g/mol. The second-order valence-electron chi connectivity index (χ2n) is 3.87. The largest absolute Gasteiger partial charge is 0.380 e. The molecule has 2 N–H and O–H groups in total. The summed E-state index contributed by atoms with van der Waals surface area (Å²) in [4.78, 5) is 11.1. The van der Waals surface area contributed by atoms with Crippen molar-refractivity contribution in [3.63, 3.8) is 0 Å². The van der Waals surface area contributed by atoms with Gasteiger partial charge in [0.25, 0.3) is 0 Å². The molecule has 1 aliphatic carbocycles. The van der Waals surface area contributed by atoms with Gasteiger partial charge in [0.05, 0.1) is 11.9 Å². The fraction of sp³-hybridized carbons (Fsp3) is 0.600. The van der Waals surface area contributed by atoms with E-state index in [-0.39, 0.29) is 12.5 Å². The Labute approximate surface area is 88.8 Å². The van der Waals surface area contributed by atoms with Gasteiger partial charge in [-0.05, 0) is 19.3 Å². The van der Waals surface area contributed by atoms with Crippen LogP contribution in [0.25, 0.3) is 0 Å². The summed E-state index contributed by atoms with van der Waals surface area (Å²) in [5.74, 6) is -0.0340. The number of nitrogens with zero attached hydrogens (tertiary/aromatic N) is 2. The number of aromatic nitrogens is 2. The maximum absolute atomic E-state index is 11.1. The Hall–Kier alpha value is -1.52. The molecule has 0 unspecified atom stereocenters. The van der Waals surface area contributed by atoms with Crippen LogP contribution in [0.5, 0.6) is 0 Å². The van der Waals surface area contributed by atoms with Crippen molar-refractivity contribution < 1.29 is 4.79 Å². The SMILES string of the molecule is CNC(=O)Cn1cc(NC2CCC2)cn1. The predicted molar refractivity (Wildman–Crippen MR) is 57.6 cm³/mol. The molecule has 0 radical (unpaired) electrons. The number of anilines is 1. The molecular weight excluding hydrogens is 192 g/mol. The third-order valence-corrected chi connectivity index (χ3v) is 2.69. The van der Waals surface area contributed by atoms with E-state index in [1.54, 1.807) is 17.9 Å². The van der Waals surface area contributed by atoms with Gasteiger partial charge in [0.15, 0.2) is 0 Å². The molecule has 0 aromatic carbocycles. The zero-order chi connectivity index (χ0) is 10.7. The highest BCUT2D eigenvalue weighted by Gasteiger charge is 2.17. The summed E-state index contributed by atoms with van der Waals surface area (Å²) in [5, 5.41) is 10.0. The van der Waals surface area contributed by atoms with Crippen LogP contribution >= 0.6 is 0 Å². The first kappa shape index (κ1) is 10.0. The number of hydrogen-bond acceptors (Lipinski definition) is 3. The Morgan fingerprint density at radius 3 is 3.07 bits per heavy atom. The second kappa shape index (κ2) is 4.33. The highest BCUT2D eigenvalue weighted by atomic mass is 16.1. The lowest BCUT2D eigenvalue weighted by atomic mass is 9.93. The first-order valence-electron chi connectivity index (χ1n) is 5.27.